The van der Waals surface area contributed by atoms with Crippen LogP contribution in [0.25, 0.3) is 5.57 Å². The predicted molar refractivity (Wildman–Crippen MR) is 124 cm³/mol. The van der Waals surface area contributed by atoms with E-state index in [1.165, 1.54) is 17.4 Å². The molecule has 0 unspecified atom stereocenters. The molecule has 0 amide bonds. The second kappa shape index (κ2) is 8.63. The number of aryl methyl sites for hydroxylation is 1. The second-order valence-electron chi connectivity index (χ2n) is 7.24. The van der Waals surface area contributed by atoms with Crippen LogP contribution in [0.15, 0.2) is 64.6 Å². The molecular formula is C22H16N4O6S. The number of non-ortho nitro benzene ring substituents is 1. The molecule has 2 aromatic carbocycles. The van der Waals surface area contributed by atoms with Crippen molar-refractivity contribution >= 4 is 45.7 Å². The molecule has 0 bridgehead atoms. The highest BCUT2D eigenvalue weighted by Gasteiger charge is 2.31. The Morgan fingerprint density at radius 3 is 2.52 bits per heavy atom. The molecule has 1 heterocycles. The van der Waals surface area contributed by atoms with Crippen molar-refractivity contribution < 1.29 is 19.7 Å². The maximum atomic E-state index is 11.7. The zero-order valence-corrected chi connectivity index (χ0v) is 18.0. The number of nitro benzene ring substituents is 2. The SMILES string of the molecule is Cc1ccc2c(c1)/C(=N\Nc1ccc([N+](=O)[O-])cc1[N+](=O)[O-])C(CC(=O)O)=C2c1cccs1. The van der Waals surface area contributed by atoms with Gasteiger partial charge in [-0.15, -0.1) is 11.3 Å². The molecule has 33 heavy (non-hydrogen) atoms. The second-order valence-corrected chi connectivity index (χ2v) is 8.19. The van der Waals surface area contributed by atoms with E-state index >= 15 is 0 Å². The van der Waals surface area contributed by atoms with Gasteiger partial charge in [-0.25, -0.2) is 0 Å². The molecule has 1 aliphatic rings. The number of nitrogens with one attached hydrogen (secondary N) is 1. The van der Waals surface area contributed by atoms with E-state index in [2.05, 4.69) is 10.5 Å². The van der Waals surface area contributed by atoms with Gasteiger partial charge in [0.05, 0.1) is 28.0 Å². The number of carbonyl (C=O) groups is 1. The van der Waals surface area contributed by atoms with Crippen molar-refractivity contribution in [3.05, 3.63) is 101 Å². The maximum absolute atomic E-state index is 11.7. The fourth-order valence-corrected chi connectivity index (χ4v) is 4.48. The Kier molecular flexibility index (Phi) is 5.71. The van der Waals surface area contributed by atoms with E-state index in [4.69, 9.17) is 0 Å². The molecule has 1 aromatic heterocycles. The van der Waals surface area contributed by atoms with Crippen molar-refractivity contribution in [2.75, 3.05) is 5.43 Å². The number of nitro groups is 2. The molecule has 0 saturated heterocycles. The highest BCUT2D eigenvalue weighted by Crippen LogP contribution is 2.41. The lowest BCUT2D eigenvalue weighted by Crippen LogP contribution is -2.09. The quantitative estimate of drug-likeness (QED) is 0.370. The molecular weight excluding hydrogens is 448 g/mol. The Morgan fingerprint density at radius 2 is 1.88 bits per heavy atom. The average molecular weight is 464 g/mol. The Bertz CT molecular complexity index is 1360. The van der Waals surface area contributed by atoms with Crippen LogP contribution in [0.5, 0.6) is 0 Å². The number of rotatable bonds is 7. The predicted octanol–water partition coefficient (Wildman–Crippen LogP) is 4.98. The minimum atomic E-state index is -1.04. The van der Waals surface area contributed by atoms with Gasteiger partial charge in [0.15, 0.2) is 0 Å². The van der Waals surface area contributed by atoms with Crippen LogP contribution < -0.4 is 5.43 Å². The minimum Gasteiger partial charge on any atom is -0.481 e. The summed E-state index contributed by atoms with van der Waals surface area (Å²) in [5, 5.41) is 38.3. The number of hydrazone groups is 1. The van der Waals surface area contributed by atoms with Gasteiger partial charge in [0.1, 0.15) is 5.69 Å². The van der Waals surface area contributed by atoms with Crippen LogP contribution in [-0.4, -0.2) is 26.6 Å². The number of aliphatic carboxylic acids is 1. The minimum absolute atomic E-state index is 0.0495. The summed E-state index contributed by atoms with van der Waals surface area (Å²) in [6, 6.07) is 12.6. The molecule has 2 N–H and O–H groups in total. The van der Waals surface area contributed by atoms with E-state index in [-0.39, 0.29) is 12.1 Å². The zero-order valence-electron chi connectivity index (χ0n) is 17.1. The first kappa shape index (κ1) is 21.8. The van der Waals surface area contributed by atoms with Gasteiger partial charge >= 0.3 is 11.7 Å². The lowest BCUT2D eigenvalue weighted by Gasteiger charge is -2.08. The van der Waals surface area contributed by atoms with E-state index in [1.54, 1.807) is 0 Å². The molecule has 4 rings (SSSR count). The third-order valence-electron chi connectivity index (χ3n) is 5.06. The third-order valence-corrected chi connectivity index (χ3v) is 5.95. The standard InChI is InChI=1S/C22H16N4O6S/c1-12-4-6-14-15(9-12)22(16(11-20(27)28)21(14)19-3-2-8-33-19)24-23-17-7-5-13(25(29)30)10-18(17)26(31)32/h2-10,23H,11H2,1H3,(H,27,28)/b24-22+. The first-order chi connectivity index (χ1) is 15.8. The van der Waals surface area contributed by atoms with Crippen LogP contribution in [0.3, 0.4) is 0 Å². The number of carboxylic acid groups (broad SMARTS) is 1. The van der Waals surface area contributed by atoms with Crippen molar-refractivity contribution in [1.29, 1.82) is 0 Å². The lowest BCUT2D eigenvalue weighted by atomic mass is 10.0. The van der Waals surface area contributed by atoms with E-state index in [0.29, 0.717) is 16.8 Å². The molecule has 166 valence electrons. The number of hydrogen-bond donors (Lipinski definition) is 2. The molecule has 11 heteroatoms. The normalized spacial score (nSPS) is 13.8. The summed E-state index contributed by atoms with van der Waals surface area (Å²) in [4.78, 5) is 33.6. The van der Waals surface area contributed by atoms with Gasteiger partial charge in [0.2, 0.25) is 0 Å². The highest BCUT2D eigenvalue weighted by atomic mass is 32.1. The number of thiophene rings is 1. The number of anilines is 1. The average Bonchev–Trinajstić information content (AvgIpc) is 3.37. The summed E-state index contributed by atoms with van der Waals surface area (Å²) in [7, 11) is 0. The summed E-state index contributed by atoms with van der Waals surface area (Å²) >= 11 is 1.47. The van der Waals surface area contributed by atoms with Gasteiger partial charge in [-0.3, -0.25) is 30.4 Å². The van der Waals surface area contributed by atoms with Crippen molar-refractivity contribution in [2.24, 2.45) is 5.10 Å². The number of hydrogen-bond acceptors (Lipinski definition) is 8. The Labute approximate surface area is 190 Å². The van der Waals surface area contributed by atoms with Crippen LogP contribution in [0, 0.1) is 27.2 Å². The summed E-state index contributed by atoms with van der Waals surface area (Å²) in [6.07, 6.45) is -0.302. The molecule has 0 fully saturated rings. The smallest absolute Gasteiger partial charge is 0.307 e. The fourth-order valence-electron chi connectivity index (χ4n) is 3.66. The first-order valence-corrected chi connectivity index (χ1v) is 10.5. The molecule has 0 aliphatic heterocycles. The topological polar surface area (TPSA) is 148 Å². The van der Waals surface area contributed by atoms with E-state index in [9.17, 15) is 30.1 Å². The van der Waals surface area contributed by atoms with Gasteiger partial charge in [-0.05, 0) is 36.1 Å². The van der Waals surface area contributed by atoms with Gasteiger partial charge in [0.25, 0.3) is 5.69 Å². The van der Waals surface area contributed by atoms with Gasteiger partial charge < -0.3 is 5.11 Å². The molecule has 0 radical (unpaired) electrons. The summed E-state index contributed by atoms with van der Waals surface area (Å²) < 4.78 is 0. The van der Waals surface area contributed by atoms with Crippen LogP contribution >= 0.6 is 11.3 Å². The van der Waals surface area contributed by atoms with Crippen LogP contribution in [-0.2, 0) is 4.79 Å². The van der Waals surface area contributed by atoms with Crippen molar-refractivity contribution in [3.8, 4) is 0 Å². The molecule has 1 aliphatic carbocycles. The molecule has 10 nitrogen and oxygen atoms in total. The third kappa shape index (κ3) is 4.21. The van der Waals surface area contributed by atoms with Gasteiger partial charge in [-0.2, -0.15) is 5.10 Å². The monoisotopic (exact) mass is 464 g/mol. The molecule has 0 atom stereocenters. The van der Waals surface area contributed by atoms with E-state index in [1.807, 2.05) is 42.6 Å². The zero-order chi connectivity index (χ0) is 23.7. The number of benzene rings is 2. The Morgan fingerprint density at radius 1 is 1.09 bits per heavy atom. The van der Waals surface area contributed by atoms with Gasteiger partial charge in [-0.1, -0.05) is 23.8 Å². The van der Waals surface area contributed by atoms with Crippen molar-refractivity contribution in [3.63, 3.8) is 0 Å². The molecule has 3 aromatic rings. The van der Waals surface area contributed by atoms with E-state index < -0.39 is 27.2 Å². The molecule has 0 spiro atoms. The first-order valence-electron chi connectivity index (χ1n) is 9.63. The fraction of sp³-hybridized carbons (Fsp3) is 0.0909. The lowest BCUT2D eigenvalue weighted by molar-refractivity contribution is -0.393. The highest BCUT2D eigenvalue weighted by molar-refractivity contribution is 7.11. The number of nitrogens with zero attached hydrogens (tertiary/aromatic N) is 3. The Balaban J connectivity index is 1.87. The van der Waals surface area contributed by atoms with Crippen LogP contribution in [0.1, 0.15) is 28.0 Å². The number of carboxylic acids is 1. The van der Waals surface area contributed by atoms with Crippen LogP contribution in [0.4, 0.5) is 17.1 Å². The summed E-state index contributed by atoms with van der Waals surface area (Å²) in [5.74, 6) is -1.04. The molecule has 0 saturated carbocycles. The largest absolute Gasteiger partial charge is 0.481 e. The van der Waals surface area contributed by atoms with Crippen LogP contribution in [0.2, 0.25) is 0 Å². The summed E-state index contributed by atoms with van der Waals surface area (Å²) in [5.41, 5.74) is 5.68. The van der Waals surface area contributed by atoms with Gasteiger partial charge in [0, 0.05) is 27.7 Å². The van der Waals surface area contributed by atoms with E-state index in [0.717, 1.165) is 33.7 Å². The summed E-state index contributed by atoms with van der Waals surface area (Å²) in [6.45, 7) is 1.90. The Hall–Kier alpha value is -4.38. The number of fused-ring (bicyclic) bond motifs is 1. The van der Waals surface area contributed by atoms with Crippen molar-refractivity contribution in [2.45, 2.75) is 13.3 Å². The maximum Gasteiger partial charge on any atom is 0.307 e. The van der Waals surface area contributed by atoms with Crippen molar-refractivity contribution in [1.82, 2.24) is 0 Å².